The highest BCUT2D eigenvalue weighted by atomic mass is 19.4. The maximum Gasteiger partial charge on any atom is 0.389 e. The van der Waals surface area contributed by atoms with Crippen molar-refractivity contribution in [1.29, 1.82) is 0 Å². The molecule has 0 aliphatic carbocycles. The van der Waals surface area contributed by atoms with Gasteiger partial charge in [0.1, 0.15) is 0 Å². The van der Waals surface area contributed by atoms with Gasteiger partial charge in [0.25, 0.3) is 0 Å². The molecule has 0 aromatic rings. The molecule has 17 heavy (non-hydrogen) atoms. The number of nitrogens with zero attached hydrogens (tertiary/aromatic N) is 1. The Kier molecular flexibility index (Phi) is 4.84. The van der Waals surface area contributed by atoms with Crippen LogP contribution in [0.15, 0.2) is 0 Å². The Hall–Kier alpha value is -0.290. The van der Waals surface area contributed by atoms with Crippen molar-refractivity contribution in [2.45, 2.75) is 57.8 Å². The molecule has 1 saturated heterocycles. The van der Waals surface area contributed by atoms with E-state index < -0.39 is 12.6 Å². The van der Waals surface area contributed by atoms with Crippen LogP contribution in [0.2, 0.25) is 0 Å². The Morgan fingerprint density at radius 2 is 2.00 bits per heavy atom. The van der Waals surface area contributed by atoms with Gasteiger partial charge in [0, 0.05) is 37.6 Å². The quantitative estimate of drug-likeness (QED) is 0.827. The molecule has 0 amide bonds. The number of hydrogen-bond acceptors (Lipinski definition) is 2. The van der Waals surface area contributed by atoms with E-state index in [1.807, 2.05) is 6.92 Å². The van der Waals surface area contributed by atoms with E-state index >= 15 is 0 Å². The Morgan fingerprint density at radius 1 is 1.35 bits per heavy atom. The number of hydrogen-bond donors (Lipinski definition) is 1. The third kappa shape index (κ3) is 4.84. The largest absolute Gasteiger partial charge is 0.389 e. The summed E-state index contributed by atoms with van der Waals surface area (Å²) in [4.78, 5) is 2.32. The van der Waals surface area contributed by atoms with Gasteiger partial charge in [0.2, 0.25) is 0 Å². The van der Waals surface area contributed by atoms with Gasteiger partial charge >= 0.3 is 6.18 Å². The molecule has 1 fully saturated rings. The van der Waals surface area contributed by atoms with Crippen molar-refractivity contribution in [1.82, 2.24) is 10.2 Å². The summed E-state index contributed by atoms with van der Waals surface area (Å²) in [6.45, 7) is 9.05. The van der Waals surface area contributed by atoms with E-state index in [0.29, 0.717) is 6.42 Å². The summed E-state index contributed by atoms with van der Waals surface area (Å²) in [5, 5.41) is 3.32. The van der Waals surface area contributed by atoms with Crippen LogP contribution in [0.1, 0.15) is 40.0 Å². The normalized spacial score (nSPS) is 23.6. The summed E-state index contributed by atoms with van der Waals surface area (Å²) >= 11 is 0. The van der Waals surface area contributed by atoms with Gasteiger partial charge in [0.05, 0.1) is 0 Å². The van der Waals surface area contributed by atoms with Crippen LogP contribution in [-0.4, -0.2) is 42.3 Å². The predicted octanol–water partition coefficient (Wildman–Crippen LogP) is 2.79. The minimum atomic E-state index is -4.02. The van der Waals surface area contributed by atoms with Crippen LogP contribution in [0.4, 0.5) is 13.2 Å². The van der Waals surface area contributed by atoms with Gasteiger partial charge in [-0.3, -0.25) is 4.90 Å². The highest BCUT2D eigenvalue weighted by Gasteiger charge is 2.33. The summed E-state index contributed by atoms with van der Waals surface area (Å²) in [7, 11) is 0. The van der Waals surface area contributed by atoms with Crippen molar-refractivity contribution in [3.63, 3.8) is 0 Å². The van der Waals surface area contributed by atoms with Crippen molar-refractivity contribution in [2.75, 3.05) is 19.6 Å². The molecule has 1 N–H and O–H groups in total. The molecule has 1 unspecified atom stereocenters. The zero-order chi connectivity index (χ0) is 13.1. The Balaban J connectivity index is 2.38. The van der Waals surface area contributed by atoms with Crippen LogP contribution >= 0.6 is 0 Å². The van der Waals surface area contributed by atoms with E-state index in [2.05, 4.69) is 24.1 Å². The SMILES string of the molecule is CC(CCCC(F)(F)F)N1CCNCC1(C)C. The summed E-state index contributed by atoms with van der Waals surface area (Å²) < 4.78 is 36.2. The zero-order valence-electron chi connectivity index (χ0n) is 10.9. The smallest absolute Gasteiger partial charge is 0.314 e. The molecule has 1 rings (SSSR count). The van der Waals surface area contributed by atoms with Crippen LogP contribution in [0.5, 0.6) is 0 Å². The van der Waals surface area contributed by atoms with E-state index in [0.717, 1.165) is 19.6 Å². The summed E-state index contributed by atoms with van der Waals surface area (Å²) in [5.74, 6) is 0. The lowest BCUT2D eigenvalue weighted by Gasteiger charge is -2.46. The highest BCUT2D eigenvalue weighted by Crippen LogP contribution is 2.26. The third-order valence-corrected chi connectivity index (χ3v) is 3.48. The van der Waals surface area contributed by atoms with Crippen molar-refractivity contribution < 1.29 is 13.2 Å². The predicted molar refractivity (Wildman–Crippen MR) is 63.0 cm³/mol. The molecule has 2 nitrogen and oxygen atoms in total. The molecule has 102 valence electrons. The van der Waals surface area contributed by atoms with Crippen LogP contribution in [0.3, 0.4) is 0 Å². The molecule has 1 heterocycles. The molecule has 0 saturated carbocycles. The van der Waals surface area contributed by atoms with Crippen molar-refractivity contribution in [3.8, 4) is 0 Å². The van der Waals surface area contributed by atoms with Crippen LogP contribution in [-0.2, 0) is 0 Å². The second-order valence-electron chi connectivity index (χ2n) is 5.54. The Labute approximate surface area is 102 Å². The molecule has 0 radical (unpaired) electrons. The van der Waals surface area contributed by atoms with Gasteiger partial charge in [-0.25, -0.2) is 0 Å². The van der Waals surface area contributed by atoms with Crippen molar-refractivity contribution >= 4 is 0 Å². The molecule has 5 heteroatoms. The first kappa shape index (κ1) is 14.8. The lowest BCUT2D eigenvalue weighted by atomic mass is 9.96. The van der Waals surface area contributed by atoms with Gasteiger partial charge in [-0.1, -0.05) is 0 Å². The first-order chi connectivity index (χ1) is 7.72. The first-order valence-corrected chi connectivity index (χ1v) is 6.26. The minimum Gasteiger partial charge on any atom is -0.314 e. The standard InChI is InChI=1S/C12H23F3N2/c1-10(5-4-6-12(13,14)15)17-8-7-16-9-11(17,2)3/h10,16H,4-9H2,1-3H3. The van der Waals surface area contributed by atoms with Crippen LogP contribution < -0.4 is 5.32 Å². The average Bonchev–Trinajstić information content (AvgIpc) is 2.14. The summed E-state index contributed by atoms with van der Waals surface area (Å²) in [5.41, 5.74) is 0.0376. The molecule has 1 aliphatic heterocycles. The molecule has 0 aromatic heterocycles. The van der Waals surface area contributed by atoms with Gasteiger partial charge in [-0.05, 0) is 33.6 Å². The van der Waals surface area contributed by atoms with E-state index in [-0.39, 0.29) is 18.0 Å². The lowest BCUT2D eigenvalue weighted by molar-refractivity contribution is -0.136. The number of nitrogens with one attached hydrogen (secondary N) is 1. The van der Waals surface area contributed by atoms with E-state index in [1.165, 1.54) is 0 Å². The number of piperazine rings is 1. The molecule has 1 atom stereocenters. The highest BCUT2D eigenvalue weighted by molar-refractivity contribution is 4.90. The average molecular weight is 252 g/mol. The molecular weight excluding hydrogens is 229 g/mol. The second-order valence-corrected chi connectivity index (χ2v) is 5.54. The number of alkyl halides is 3. The fourth-order valence-electron chi connectivity index (χ4n) is 2.57. The van der Waals surface area contributed by atoms with E-state index in [4.69, 9.17) is 0 Å². The minimum absolute atomic E-state index is 0.0376. The van der Waals surface area contributed by atoms with Gasteiger partial charge < -0.3 is 5.32 Å². The number of halogens is 3. The second kappa shape index (κ2) is 5.57. The maximum absolute atomic E-state index is 12.1. The summed E-state index contributed by atoms with van der Waals surface area (Å²) in [6, 6.07) is 0.217. The molecule has 0 spiro atoms. The molecular formula is C12H23F3N2. The molecule has 1 aliphatic rings. The number of rotatable bonds is 4. The van der Waals surface area contributed by atoms with Gasteiger partial charge in [-0.2, -0.15) is 13.2 Å². The fraction of sp³-hybridized carbons (Fsp3) is 1.00. The van der Waals surface area contributed by atoms with Crippen molar-refractivity contribution in [2.24, 2.45) is 0 Å². The Morgan fingerprint density at radius 3 is 2.53 bits per heavy atom. The monoisotopic (exact) mass is 252 g/mol. The molecule has 0 aromatic carbocycles. The molecule has 0 bridgehead atoms. The third-order valence-electron chi connectivity index (χ3n) is 3.48. The van der Waals surface area contributed by atoms with E-state index in [1.54, 1.807) is 0 Å². The fourth-order valence-corrected chi connectivity index (χ4v) is 2.57. The van der Waals surface area contributed by atoms with Crippen LogP contribution in [0, 0.1) is 0 Å². The lowest BCUT2D eigenvalue weighted by Crippen LogP contribution is -2.60. The maximum atomic E-state index is 12.1. The van der Waals surface area contributed by atoms with E-state index in [9.17, 15) is 13.2 Å². The van der Waals surface area contributed by atoms with Gasteiger partial charge in [-0.15, -0.1) is 0 Å². The van der Waals surface area contributed by atoms with Crippen LogP contribution in [0.25, 0.3) is 0 Å². The Bertz CT molecular complexity index is 238. The zero-order valence-corrected chi connectivity index (χ0v) is 10.9. The summed E-state index contributed by atoms with van der Waals surface area (Å²) in [6.07, 6.45) is -3.84. The first-order valence-electron chi connectivity index (χ1n) is 6.26. The van der Waals surface area contributed by atoms with Crippen molar-refractivity contribution in [3.05, 3.63) is 0 Å². The van der Waals surface area contributed by atoms with Gasteiger partial charge in [0.15, 0.2) is 0 Å². The topological polar surface area (TPSA) is 15.3 Å².